The third-order valence-electron chi connectivity index (χ3n) is 2.62. The van der Waals surface area contributed by atoms with Gasteiger partial charge in [-0.1, -0.05) is 24.3 Å². The van der Waals surface area contributed by atoms with E-state index in [4.69, 9.17) is 0 Å². The van der Waals surface area contributed by atoms with Gasteiger partial charge in [-0.25, -0.2) is 0 Å². The summed E-state index contributed by atoms with van der Waals surface area (Å²) in [5, 5.41) is 6.72. The Labute approximate surface area is 79.4 Å². The number of benzene rings is 1. The van der Waals surface area contributed by atoms with Gasteiger partial charge in [0, 0.05) is 19.1 Å². The van der Waals surface area contributed by atoms with E-state index in [0.29, 0.717) is 6.04 Å². The minimum atomic E-state index is 0.597. The van der Waals surface area contributed by atoms with Gasteiger partial charge in [-0.3, -0.25) is 0 Å². The summed E-state index contributed by atoms with van der Waals surface area (Å²) in [6.45, 7) is 2.07. The third-order valence-corrected chi connectivity index (χ3v) is 2.62. The van der Waals surface area contributed by atoms with Crippen LogP contribution in [0.3, 0.4) is 0 Å². The molecule has 0 aromatic heterocycles. The smallest absolute Gasteiger partial charge is 0.0236 e. The van der Waals surface area contributed by atoms with E-state index in [9.17, 15) is 0 Å². The Hall–Kier alpha value is -0.860. The van der Waals surface area contributed by atoms with Crippen LogP contribution in [0.25, 0.3) is 0 Å². The average Bonchev–Trinajstić information content (AvgIpc) is 2.18. The van der Waals surface area contributed by atoms with Crippen molar-refractivity contribution in [1.82, 2.24) is 10.6 Å². The number of likely N-dealkylation sites (N-methyl/N-ethyl adjacent to an activating group) is 1. The lowest BCUT2D eigenvalue weighted by Gasteiger charge is -2.25. The molecule has 1 aliphatic rings. The minimum Gasteiger partial charge on any atom is -0.318 e. The van der Waals surface area contributed by atoms with E-state index in [1.807, 2.05) is 7.05 Å². The molecule has 1 atom stereocenters. The molecule has 0 amide bonds. The van der Waals surface area contributed by atoms with E-state index >= 15 is 0 Å². The molecule has 2 heteroatoms. The van der Waals surface area contributed by atoms with Gasteiger partial charge >= 0.3 is 0 Å². The highest BCUT2D eigenvalue weighted by Gasteiger charge is 2.15. The van der Waals surface area contributed by atoms with Gasteiger partial charge < -0.3 is 10.6 Å². The second-order valence-corrected chi connectivity index (χ2v) is 3.61. The highest BCUT2D eigenvalue weighted by molar-refractivity contribution is 5.29. The maximum Gasteiger partial charge on any atom is 0.0236 e. The molecule has 1 aromatic rings. The van der Waals surface area contributed by atoms with Crippen molar-refractivity contribution < 1.29 is 0 Å². The molecule has 1 aromatic carbocycles. The summed E-state index contributed by atoms with van der Waals surface area (Å²) in [7, 11) is 2.00. The highest BCUT2D eigenvalue weighted by Crippen LogP contribution is 2.15. The molecule has 0 fully saturated rings. The van der Waals surface area contributed by atoms with Crippen molar-refractivity contribution in [3.8, 4) is 0 Å². The molecule has 2 rings (SSSR count). The Balaban J connectivity index is 2.11. The predicted octanol–water partition coefficient (Wildman–Crippen LogP) is 0.920. The van der Waals surface area contributed by atoms with E-state index in [-0.39, 0.29) is 0 Å². The molecule has 0 saturated heterocycles. The lowest BCUT2D eigenvalue weighted by molar-refractivity contribution is 0.462. The summed E-state index contributed by atoms with van der Waals surface area (Å²) < 4.78 is 0. The molecule has 0 spiro atoms. The van der Waals surface area contributed by atoms with Gasteiger partial charge in [0.1, 0.15) is 0 Å². The summed E-state index contributed by atoms with van der Waals surface area (Å²) in [4.78, 5) is 0. The Morgan fingerprint density at radius 3 is 2.92 bits per heavy atom. The topological polar surface area (TPSA) is 24.1 Å². The van der Waals surface area contributed by atoms with Crippen LogP contribution in [0.4, 0.5) is 0 Å². The monoisotopic (exact) mass is 176 g/mol. The number of fused-ring (bicyclic) bond motifs is 1. The van der Waals surface area contributed by atoms with Crippen LogP contribution in [0.15, 0.2) is 24.3 Å². The normalized spacial score (nSPS) is 21.2. The van der Waals surface area contributed by atoms with E-state index in [1.165, 1.54) is 11.1 Å². The number of rotatable bonds is 2. The van der Waals surface area contributed by atoms with Crippen molar-refractivity contribution in [3.05, 3.63) is 35.4 Å². The Bertz CT molecular complexity index is 283. The van der Waals surface area contributed by atoms with Crippen molar-refractivity contribution in [1.29, 1.82) is 0 Å². The fraction of sp³-hybridized carbons (Fsp3) is 0.455. The van der Waals surface area contributed by atoms with Gasteiger partial charge in [-0.15, -0.1) is 0 Å². The average molecular weight is 176 g/mol. The molecule has 0 bridgehead atoms. The molecule has 0 unspecified atom stereocenters. The highest BCUT2D eigenvalue weighted by atomic mass is 15.0. The van der Waals surface area contributed by atoms with Gasteiger partial charge in [-0.2, -0.15) is 0 Å². The van der Waals surface area contributed by atoms with Gasteiger partial charge in [-0.05, 0) is 24.6 Å². The molecule has 0 saturated carbocycles. The molecular weight excluding hydrogens is 160 g/mol. The zero-order valence-corrected chi connectivity index (χ0v) is 8.01. The van der Waals surface area contributed by atoms with E-state index in [2.05, 4.69) is 34.9 Å². The first-order valence-corrected chi connectivity index (χ1v) is 4.85. The van der Waals surface area contributed by atoms with Crippen LogP contribution in [0.2, 0.25) is 0 Å². The van der Waals surface area contributed by atoms with Crippen molar-refractivity contribution in [2.45, 2.75) is 19.0 Å². The molecule has 2 N–H and O–H groups in total. The molecule has 70 valence electrons. The van der Waals surface area contributed by atoms with Crippen LogP contribution in [0, 0.1) is 0 Å². The fourth-order valence-corrected chi connectivity index (χ4v) is 1.91. The summed E-state index contributed by atoms with van der Waals surface area (Å²) in [6, 6.07) is 9.27. The summed E-state index contributed by atoms with van der Waals surface area (Å²) in [5.74, 6) is 0. The third kappa shape index (κ3) is 1.90. The van der Waals surface area contributed by atoms with E-state index in [1.54, 1.807) is 0 Å². The standard InChI is InChI=1S/C11H16N2/c1-12-8-11-6-9-4-2-3-5-10(9)7-13-11/h2-5,11-13H,6-8H2,1H3/t11-/m0/s1. The first-order chi connectivity index (χ1) is 6.40. The van der Waals surface area contributed by atoms with Crippen molar-refractivity contribution in [2.75, 3.05) is 13.6 Å². The van der Waals surface area contributed by atoms with E-state index in [0.717, 1.165) is 19.5 Å². The van der Waals surface area contributed by atoms with Crippen LogP contribution in [0.1, 0.15) is 11.1 Å². The predicted molar refractivity (Wildman–Crippen MR) is 54.7 cm³/mol. The van der Waals surface area contributed by atoms with Crippen LogP contribution >= 0.6 is 0 Å². The summed E-state index contributed by atoms with van der Waals surface area (Å²) in [6.07, 6.45) is 1.15. The van der Waals surface area contributed by atoms with Crippen molar-refractivity contribution in [2.24, 2.45) is 0 Å². The lowest BCUT2D eigenvalue weighted by atomic mass is 9.96. The van der Waals surface area contributed by atoms with E-state index < -0.39 is 0 Å². The largest absolute Gasteiger partial charge is 0.318 e. The van der Waals surface area contributed by atoms with Gasteiger partial charge in [0.25, 0.3) is 0 Å². The van der Waals surface area contributed by atoms with Crippen LogP contribution in [-0.2, 0) is 13.0 Å². The zero-order chi connectivity index (χ0) is 9.10. The van der Waals surface area contributed by atoms with Crippen LogP contribution in [0.5, 0.6) is 0 Å². The van der Waals surface area contributed by atoms with Crippen LogP contribution in [-0.4, -0.2) is 19.6 Å². The maximum absolute atomic E-state index is 3.51. The Morgan fingerprint density at radius 1 is 1.38 bits per heavy atom. The second kappa shape index (κ2) is 3.90. The molecule has 2 nitrogen and oxygen atoms in total. The Kier molecular flexibility index (Phi) is 2.62. The first kappa shape index (κ1) is 8.73. The van der Waals surface area contributed by atoms with Gasteiger partial charge in [0.2, 0.25) is 0 Å². The number of nitrogens with one attached hydrogen (secondary N) is 2. The lowest BCUT2D eigenvalue weighted by Crippen LogP contribution is -2.41. The van der Waals surface area contributed by atoms with Gasteiger partial charge in [0.15, 0.2) is 0 Å². The van der Waals surface area contributed by atoms with Crippen molar-refractivity contribution >= 4 is 0 Å². The molecule has 13 heavy (non-hydrogen) atoms. The summed E-state index contributed by atoms with van der Waals surface area (Å²) in [5.41, 5.74) is 2.95. The molecule has 1 aliphatic heterocycles. The molecule has 0 aliphatic carbocycles. The molecule has 1 heterocycles. The second-order valence-electron chi connectivity index (χ2n) is 3.61. The molecular formula is C11H16N2. The first-order valence-electron chi connectivity index (χ1n) is 4.85. The van der Waals surface area contributed by atoms with Crippen molar-refractivity contribution in [3.63, 3.8) is 0 Å². The Morgan fingerprint density at radius 2 is 2.15 bits per heavy atom. The minimum absolute atomic E-state index is 0.597. The zero-order valence-electron chi connectivity index (χ0n) is 8.01. The number of hydrogen-bond donors (Lipinski definition) is 2. The summed E-state index contributed by atoms with van der Waals surface area (Å²) >= 11 is 0. The quantitative estimate of drug-likeness (QED) is 0.700. The number of hydrogen-bond acceptors (Lipinski definition) is 2. The SMILES string of the molecule is CNC[C@@H]1Cc2ccccc2CN1. The van der Waals surface area contributed by atoms with Gasteiger partial charge in [0.05, 0.1) is 0 Å². The fourth-order valence-electron chi connectivity index (χ4n) is 1.91. The molecule has 0 radical (unpaired) electrons. The maximum atomic E-state index is 3.51. The van der Waals surface area contributed by atoms with Crippen LogP contribution < -0.4 is 10.6 Å².